The Bertz CT molecular complexity index is 3600. The molecule has 5 aliphatic heterocycles. The van der Waals surface area contributed by atoms with Crippen LogP contribution in [-0.4, -0.2) is 122 Å². The number of nitrogens with two attached hydrogens (primary N) is 2. The minimum Gasteiger partial charge on any atom is -0.464 e. The molecule has 0 bridgehead atoms. The molecule has 0 spiro atoms. The van der Waals surface area contributed by atoms with Gasteiger partial charge in [-0.1, -0.05) is 120 Å². The summed E-state index contributed by atoms with van der Waals surface area (Å²) in [6.45, 7) is 21.7. The first-order valence-corrected chi connectivity index (χ1v) is 32.8. The molecule has 6 unspecified atom stereocenters. The number of pyridine rings is 1. The van der Waals surface area contributed by atoms with E-state index in [4.69, 9.17) is 67.5 Å². The summed E-state index contributed by atoms with van der Waals surface area (Å²) < 4.78 is 103. The number of primary amides is 2. The van der Waals surface area contributed by atoms with Gasteiger partial charge in [0.05, 0.1) is 26.4 Å². The van der Waals surface area contributed by atoms with Crippen molar-refractivity contribution in [1.29, 1.82) is 0 Å². The molecule has 5 aliphatic rings. The molecular formula is C64H83N6O18P2+. The van der Waals surface area contributed by atoms with E-state index in [2.05, 4.69) is 10.2 Å². The Morgan fingerprint density at radius 3 is 1.60 bits per heavy atom. The van der Waals surface area contributed by atoms with E-state index in [1.165, 1.54) is 13.8 Å². The summed E-state index contributed by atoms with van der Waals surface area (Å²) in [5.41, 5.74) is 11.2. The number of ether oxygens (including phenoxy) is 8. The van der Waals surface area contributed by atoms with Gasteiger partial charge >= 0.3 is 27.4 Å². The van der Waals surface area contributed by atoms with E-state index in [9.17, 15) is 28.3 Å². The molecule has 4 aromatic carbocycles. The standard InChI is InChI=1S/C32H42N3O9P.C32H40N3O9P/c2*1-20(30(37)39-19-31(2,3)4)34-45(38,44-24-15-9-12-21-11-7-8-14-23(21)24)40-18-25-26-27(43-32(5,6)42-26)29(41-25)35-16-10-13-22(17-35)28(33)36/h7-12,14-17,20,25-27,29H,13,18-19H2,1-6H3,(H2,33,36)(H,34,38);7-17,20,25-27,29H,18-19H2,1-6H3,(H2-,33,34,36,38)/p+1/t2*20?,25?,26-,27-,29-,45?/m11/s1. The third-order valence-electron chi connectivity index (χ3n) is 14.6. The van der Waals surface area contributed by atoms with Gasteiger partial charge in [0, 0.05) is 34.8 Å². The lowest BCUT2D eigenvalue weighted by Gasteiger charge is -2.31. The summed E-state index contributed by atoms with van der Waals surface area (Å²) in [6.07, 6.45) is 3.64. The maximum absolute atomic E-state index is 14.4. The Hall–Kier alpha value is -6.63. The molecule has 24 nitrogen and oxygen atoms in total. The quantitative estimate of drug-likeness (QED) is 0.0285. The monoisotopic (exact) mass is 1290 g/mol. The molecule has 0 radical (unpaired) electrons. The third-order valence-corrected chi connectivity index (χ3v) is 17.9. The van der Waals surface area contributed by atoms with Crippen LogP contribution in [0.25, 0.3) is 21.5 Å². The average Bonchev–Trinajstić information content (AvgIpc) is 1.65. The van der Waals surface area contributed by atoms with Gasteiger partial charge in [-0.25, -0.2) is 9.13 Å². The number of nitrogens with one attached hydrogen (secondary N) is 2. The fourth-order valence-corrected chi connectivity index (χ4v) is 13.5. The minimum absolute atomic E-state index is 0.176. The van der Waals surface area contributed by atoms with Crippen LogP contribution < -0.4 is 35.3 Å². The number of esters is 2. The molecule has 12 atom stereocenters. The van der Waals surface area contributed by atoms with E-state index in [-0.39, 0.29) is 37.3 Å². The Labute approximate surface area is 524 Å². The van der Waals surface area contributed by atoms with Crippen LogP contribution in [0.3, 0.4) is 0 Å². The van der Waals surface area contributed by atoms with Gasteiger partial charge in [-0.3, -0.25) is 28.2 Å². The highest BCUT2D eigenvalue weighted by atomic mass is 31.2. The fourth-order valence-electron chi connectivity index (χ4n) is 10.5. The lowest BCUT2D eigenvalue weighted by molar-refractivity contribution is -0.766. The molecule has 26 heteroatoms. The smallest absolute Gasteiger partial charge is 0.459 e. The number of aromatic nitrogens is 1. The van der Waals surface area contributed by atoms with Crippen molar-refractivity contribution in [2.75, 3.05) is 26.4 Å². The second-order valence-electron chi connectivity index (χ2n) is 26.0. The van der Waals surface area contributed by atoms with Crippen LogP contribution >= 0.6 is 15.5 Å². The van der Waals surface area contributed by atoms with Crippen LogP contribution in [0.1, 0.15) is 106 Å². The van der Waals surface area contributed by atoms with Crippen LogP contribution in [0, 0.1) is 10.8 Å². The number of amides is 2. The highest BCUT2D eigenvalue weighted by molar-refractivity contribution is 7.52. The molecule has 5 aromatic rings. The molecular weight excluding hydrogens is 1200 g/mol. The lowest BCUT2D eigenvalue weighted by atomic mass is 9.99. The Morgan fingerprint density at radius 1 is 0.633 bits per heavy atom. The molecule has 486 valence electrons. The number of fused-ring (bicyclic) bond motifs is 4. The number of hydrogen-bond acceptors (Lipinski definition) is 19. The van der Waals surface area contributed by atoms with Crippen molar-refractivity contribution in [2.45, 2.75) is 162 Å². The topological polar surface area (TPSA) is 296 Å². The fraction of sp³-hybridized carbons (Fsp3) is 0.484. The van der Waals surface area contributed by atoms with Crippen molar-refractivity contribution < 1.29 is 88.9 Å². The normalized spacial score (nSPS) is 25.3. The third kappa shape index (κ3) is 17.1. The molecule has 10 rings (SSSR count). The van der Waals surface area contributed by atoms with Gasteiger partial charge in [-0.2, -0.15) is 14.7 Å². The van der Waals surface area contributed by atoms with Gasteiger partial charge in [0.15, 0.2) is 36.3 Å². The van der Waals surface area contributed by atoms with E-state index < -0.39 is 112 Å². The van der Waals surface area contributed by atoms with E-state index >= 15 is 0 Å². The lowest BCUT2D eigenvalue weighted by Crippen LogP contribution is -2.46. The molecule has 6 heterocycles. The number of rotatable bonds is 22. The van der Waals surface area contributed by atoms with Gasteiger partial charge in [-0.05, 0) is 87.8 Å². The first kappa shape index (κ1) is 67.8. The number of hydrogen-bond donors (Lipinski definition) is 4. The number of benzene rings is 4. The minimum atomic E-state index is -4.25. The Morgan fingerprint density at radius 2 is 1.10 bits per heavy atom. The van der Waals surface area contributed by atoms with Gasteiger partial charge in [0.1, 0.15) is 59.7 Å². The summed E-state index contributed by atoms with van der Waals surface area (Å²) in [7, 11) is -8.49. The van der Waals surface area contributed by atoms with Crippen molar-refractivity contribution in [3.63, 3.8) is 0 Å². The number of allylic oxidation sites excluding steroid dienone is 1. The summed E-state index contributed by atoms with van der Waals surface area (Å²) in [6, 6.07) is 26.9. The molecule has 4 saturated heterocycles. The number of nitrogens with zero attached hydrogens (tertiary/aromatic N) is 2. The maximum atomic E-state index is 14.4. The first-order chi connectivity index (χ1) is 42.3. The molecule has 90 heavy (non-hydrogen) atoms. The molecule has 0 saturated carbocycles. The molecule has 6 N–H and O–H groups in total. The molecule has 1 aromatic heterocycles. The Kier molecular flexibility index (Phi) is 20.5. The second kappa shape index (κ2) is 27.3. The van der Waals surface area contributed by atoms with Crippen LogP contribution in [0.5, 0.6) is 11.5 Å². The molecule has 2 amide bonds. The first-order valence-electron chi connectivity index (χ1n) is 29.8. The van der Waals surface area contributed by atoms with E-state index in [1.54, 1.807) is 104 Å². The summed E-state index contributed by atoms with van der Waals surface area (Å²) in [4.78, 5) is 51.2. The van der Waals surface area contributed by atoms with Gasteiger partial charge in [0.2, 0.25) is 5.91 Å². The van der Waals surface area contributed by atoms with Crippen molar-refractivity contribution in [1.82, 2.24) is 15.1 Å². The summed E-state index contributed by atoms with van der Waals surface area (Å²) in [5.74, 6) is -3.58. The zero-order valence-corrected chi connectivity index (χ0v) is 54.5. The maximum Gasteiger partial charge on any atom is 0.459 e. The number of carbonyl (C=O) groups excluding carboxylic acids is 4. The predicted octanol–water partition coefficient (Wildman–Crippen LogP) is 9.16. The van der Waals surface area contributed by atoms with Crippen LogP contribution in [0.15, 0.2) is 134 Å². The van der Waals surface area contributed by atoms with Crippen LogP contribution in [-0.2, 0) is 70.5 Å². The van der Waals surface area contributed by atoms with Crippen LogP contribution in [0.2, 0.25) is 0 Å². The van der Waals surface area contributed by atoms with E-state index in [0.717, 1.165) is 10.8 Å². The van der Waals surface area contributed by atoms with Crippen molar-refractivity contribution >= 4 is 60.8 Å². The highest BCUT2D eigenvalue weighted by Gasteiger charge is 2.60. The molecule has 4 fully saturated rings. The average molecular weight is 1290 g/mol. The van der Waals surface area contributed by atoms with Gasteiger partial charge in [-0.15, -0.1) is 0 Å². The van der Waals surface area contributed by atoms with Crippen molar-refractivity contribution in [3.8, 4) is 11.5 Å². The van der Waals surface area contributed by atoms with Crippen molar-refractivity contribution in [2.24, 2.45) is 22.3 Å². The number of carbonyl (C=O) groups is 4. The summed E-state index contributed by atoms with van der Waals surface area (Å²) >= 11 is 0. The van der Waals surface area contributed by atoms with Crippen molar-refractivity contribution in [3.05, 3.63) is 139 Å². The van der Waals surface area contributed by atoms with E-state index in [0.29, 0.717) is 39.8 Å². The highest BCUT2D eigenvalue weighted by Crippen LogP contribution is 2.51. The zero-order valence-electron chi connectivity index (χ0n) is 52.7. The SMILES string of the molecule is CC(NP(=O)(OCC1O[C@@H](N2C=CCC(C(N)=O)=C2)[C@@H]2OC(C)(C)O[C@H]12)Oc1cccc2ccccc12)C(=O)OCC(C)(C)C.CC(NP(=O)(OCC1O[C@@H]([n+]2cccc(C(N)=O)c2)[C@@H]2OC(C)(C)O[C@H]12)Oc1cccc2ccccc12)C(=O)OCC(C)(C)C. The predicted molar refractivity (Wildman–Crippen MR) is 331 cm³/mol. The van der Waals surface area contributed by atoms with E-state index in [1.807, 2.05) is 102 Å². The Balaban J connectivity index is 0.000000213. The largest absolute Gasteiger partial charge is 0.464 e. The van der Waals surface area contributed by atoms with Crippen LogP contribution in [0.4, 0.5) is 0 Å². The van der Waals surface area contributed by atoms with Gasteiger partial charge < -0.3 is 63.3 Å². The second-order valence-corrected chi connectivity index (χ2v) is 29.4. The zero-order chi connectivity index (χ0) is 65.1. The van der Waals surface area contributed by atoms with Gasteiger partial charge in [0.25, 0.3) is 12.1 Å². The molecule has 0 aliphatic carbocycles. The summed E-state index contributed by atoms with van der Waals surface area (Å²) in [5, 5.41) is 8.70.